The third kappa shape index (κ3) is 9.62. The molecule has 1 amide bonds. The summed E-state index contributed by atoms with van der Waals surface area (Å²) < 4.78 is 65.9. The first-order chi connectivity index (χ1) is 26.2. The predicted octanol–water partition coefficient (Wildman–Crippen LogP) is 4.83. The summed E-state index contributed by atoms with van der Waals surface area (Å²) in [5.74, 6) is -5.77. The van der Waals surface area contributed by atoms with E-state index in [4.69, 9.17) is 33.2 Å². The largest absolute Gasteiger partial charge is 0.467 e. The van der Waals surface area contributed by atoms with Crippen LogP contribution in [0.5, 0.6) is 5.75 Å². The molecule has 2 fully saturated rings. The van der Waals surface area contributed by atoms with Crippen LogP contribution in [0.3, 0.4) is 0 Å². The van der Waals surface area contributed by atoms with Crippen LogP contribution in [-0.4, -0.2) is 73.6 Å². The second-order valence-electron chi connectivity index (χ2n) is 12.8. The molecule has 0 aromatic heterocycles. The van der Waals surface area contributed by atoms with Crippen molar-refractivity contribution in [1.82, 2.24) is 0 Å². The minimum Gasteiger partial charge on any atom is -0.467 e. The Morgan fingerprint density at radius 3 is 1.82 bits per heavy atom. The fourth-order valence-electron chi connectivity index (χ4n) is 6.66. The number of β-lactam (4-membered cyclic amide) rings is 1. The van der Waals surface area contributed by atoms with Crippen molar-refractivity contribution >= 4 is 41.4 Å². The van der Waals surface area contributed by atoms with Gasteiger partial charge < -0.3 is 38.1 Å². The van der Waals surface area contributed by atoms with Gasteiger partial charge in [0, 0.05) is 33.4 Å². The maximum Gasteiger partial charge on any atom is 0.339 e. The number of esters is 5. The highest BCUT2D eigenvalue weighted by Gasteiger charge is 2.56. The van der Waals surface area contributed by atoms with E-state index in [0.29, 0.717) is 16.8 Å². The van der Waals surface area contributed by atoms with Gasteiger partial charge in [-0.3, -0.25) is 24.0 Å². The van der Waals surface area contributed by atoms with Gasteiger partial charge >= 0.3 is 29.8 Å². The van der Waals surface area contributed by atoms with Gasteiger partial charge in [-0.05, 0) is 72.5 Å². The molecule has 0 aliphatic carbocycles. The molecule has 8 atom stereocenters. The summed E-state index contributed by atoms with van der Waals surface area (Å²) in [6.45, 7) is 4.47. The SMILES string of the molecule is COC(=O)C1O[C@@H](Oc2ccc([C@@H]3C(CC[C@H](OC(C)=O)c4ccc(F)cc4)C(=O)N3c3ccc(F)cc3)cc2)C(OC(C)=O)C(OC(C)=O)[C@@H]1OC(C)=O. The fraction of sp³-hybridized carbons (Fsp3) is 0.385. The topological polar surface area (TPSA) is 170 Å². The predicted molar refractivity (Wildman–Crippen MR) is 185 cm³/mol. The Kier molecular flexibility index (Phi) is 12.8. The van der Waals surface area contributed by atoms with E-state index in [-0.39, 0.29) is 24.5 Å². The van der Waals surface area contributed by atoms with Crippen molar-refractivity contribution in [3.63, 3.8) is 0 Å². The molecule has 0 bridgehead atoms. The minimum absolute atomic E-state index is 0.129. The molecule has 2 aliphatic heterocycles. The van der Waals surface area contributed by atoms with Crippen LogP contribution in [0.15, 0.2) is 72.8 Å². The summed E-state index contributed by atoms with van der Waals surface area (Å²) in [4.78, 5) is 76.3. The summed E-state index contributed by atoms with van der Waals surface area (Å²) in [7, 11) is 1.07. The van der Waals surface area contributed by atoms with Gasteiger partial charge in [-0.1, -0.05) is 24.3 Å². The molecule has 55 heavy (non-hydrogen) atoms. The molecule has 0 radical (unpaired) electrons. The number of carbonyl (C=O) groups excluding carboxylic acids is 6. The van der Waals surface area contributed by atoms with Gasteiger partial charge in [-0.25, -0.2) is 13.6 Å². The van der Waals surface area contributed by atoms with Crippen LogP contribution in [0.2, 0.25) is 0 Å². The normalized spacial score (nSPS) is 23.7. The number of ether oxygens (including phenoxy) is 7. The van der Waals surface area contributed by atoms with Gasteiger partial charge in [0.15, 0.2) is 18.3 Å². The summed E-state index contributed by atoms with van der Waals surface area (Å²) in [5, 5.41) is 0. The Bertz CT molecular complexity index is 1890. The van der Waals surface area contributed by atoms with Crippen molar-refractivity contribution in [2.45, 2.75) is 83.4 Å². The maximum absolute atomic E-state index is 13.9. The molecular weight excluding hydrogens is 728 g/mol. The van der Waals surface area contributed by atoms with E-state index < -0.39 is 90.3 Å². The monoisotopic (exact) mass is 767 g/mol. The molecule has 2 saturated heterocycles. The van der Waals surface area contributed by atoms with Crippen LogP contribution in [0.1, 0.15) is 63.8 Å². The Balaban J connectivity index is 1.43. The number of rotatable bonds is 13. The van der Waals surface area contributed by atoms with Crippen LogP contribution in [0, 0.1) is 17.6 Å². The van der Waals surface area contributed by atoms with E-state index in [1.165, 1.54) is 72.5 Å². The number of hydrogen-bond acceptors (Lipinski definition) is 13. The van der Waals surface area contributed by atoms with Gasteiger partial charge in [0.2, 0.25) is 18.3 Å². The lowest BCUT2D eigenvalue weighted by Crippen LogP contribution is -2.64. The Morgan fingerprint density at radius 1 is 0.727 bits per heavy atom. The summed E-state index contributed by atoms with van der Waals surface area (Å²) in [6, 6.07) is 16.7. The van der Waals surface area contributed by atoms with E-state index in [1.807, 2.05) is 0 Å². The number of hydrogen-bond donors (Lipinski definition) is 0. The van der Waals surface area contributed by atoms with E-state index in [9.17, 15) is 37.5 Å². The quantitative estimate of drug-likeness (QED) is 0.132. The van der Waals surface area contributed by atoms with Crippen molar-refractivity contribution in [2.75, 3.05) is 12.0 Å². The van der Waals surface area contributed by atoms with Crippen LogP contribution < -0.4 is 9.64 Å². The summed E-state index contributed by atoms with van der Waals surface area (Å²) in [6.07, 6.45) is -8.18. The Hall–Kier alpha value is -5.90. The number of halogens is 2. The van der Waals surface area contributed by atoms with Crippen molar-refractivity contribution < 1.29 is 70.7 Å². The summed E-state index contributed by atoms with van der Waals surface area (Å²) >= 11 is 0. The first kappa shape index (κ1) is 40.3. The van der Waals surface area contributed by atoms with Crippen molar-refractivity contribution in [3.8, 4) is 5.75 Å². The average molecular weight is 768 g/mol. The molecule has 292 valence electrons. The third-order valence-corrected chi connectivity index (χ3v) is 8.92. The molecule has 4 unspecified atom stereocenters. The zero-order valence-corrected chi connectivity index (χ0v) is 30.5. The molecule has 0 saturated carbocycles. The standard InChI is InChI=1S/C39H39F2NO13/c1-20(43)50-31(24-6-10-26(40)11-7-24)19-18-30-32(42(37(30)47)28-14-12-27(41)13-15-28)25-8-16-29(17-9-25)54-39-36(53-23(4)46)34(52-22(3)45)33(51-21(2)44)35(55-39)38(48)49-5/h6-17,30-36,39H,18-19H2,1-5H3/t30?,31-,32+,33-,34?,35?,36?,39+/m0/s1. The number of anilines is 1. The van der Waals surface area contributed by atoms with Crippen LogP contribution in [0.4, 0.5) is 14.5 Å². The first-order valence-electron chi connectivity index (χ1n) is 17.2. The Morgan fingerprint density at radius 2 is 1.27 bits per heavy atom. The minimum atomic E-state index is -1.66. The lowest BCUT2D eigenvalue weighted by molar-refractivity contribution is -0.282. The van der Waals surface area contributed by atoms with Gasteiger partial charge in [-0.2, -0.15) is 0 Å². The van der Waals surface area contributed by atoms with E-state index in [2.05, 4.69) is 0 Å². The van der Waals surface area contributed by atoms with Crippen LogP contribution in [0.25, 0.3) is 0 Å². The van der Waals surface area contributed by atoms with E-state index >= 15 is 0 Å². The zero-order valence-electron chi connectivity index (χ0n) is 30.5. The number of amides is 1. The molecule has 2 aliphatic rings. The molecular formula is C39H39F2NO13. The van der Waals surface area contributed by atoms with Crippen LogP contribution in [-0.2, 0) is 57.2 Å². The maximum atomic E-state index is 13.9. The molecule has 2 heterocycles. The fourth-order valence-corrected chi connectivity index (χ4v) is 6.66. The lowest BCUT2D eigenvalue weighted by atomic mass is 9.78. The highest BCUT2D eigenvalue weighted by molar-refractivity contribution is 6.03. The molecule has 5 rings (SSSR count). The molecule has 3 aromatic rings. The van der Waals surface area contributed by atoms with Gasteiger partial charge in [-0.15, -0.1) is 0 Å². The number of benzene rings is 3. The molecule has 3 aromatic carbocycles. The molecule has 0 spiro atoms. The van der Waals surface area contributed by atoms with E-state index in [0.717, 1.165) is 27.9 Å². The number of carbonyl (C=O) groups is 6. The third-order valence-electron chi connectivity index (χ3n) is 8.92. The molecule has 0 N–H and O–H groups in total. The van der Waals surface area contributed by atoms with Gasteiger partial charge in [0.1, 0.15) is 23.5 Å². The number of nitrogens with zero attached hydrogens (tertiary/aromatic N) is 1. The van der Waals surface area contributed by atoms with Gasteiger partial charge in [0.25, 0.3) is 0 Å². The van der Waals surface area contributed by atoms with E-state index in [1.54, 1.807) is 12.1 Å². The summed E-state index contributed by atoms with van der Waals surface area (Å²) in [5.41, 5.74) is 1.63. The molecule has 16 heteroatoms. The van der Waals surface area contributed by atoms with Gasteiger partial charge in [0.05, 0.1) is 19.1 Å². The van der Waals surface area contributed by atoms with Crippen LogP contribution >= 0.6 is 0 Å². The highest BCUT2D eigenvalue weighted by atomic mass is 19.1. The highest BCUT2D eigenvalue weighted by Crippen LogP contribution is 2.47. The Labute approximate surface area is 314 Å². The smallest absolute Gasteiger partial charge is 0.339 e. The average Bonchev–Trinajstić information content (AvgIpc) is 3.13. The second kappa shape index (κ2) is 17.5. The zero-order chi connectivity index (χ0) is 40.0. The molecule has 14 nitrogen and oxygen atoms in total. The lowest BCUT2D eigenvalue weighted by Gasteiger charge is -2.48. The second-order valence-corrected chi connectivity index (χ2v) is 12.8. The first-order valence-corrected chi connectivity index (χ1v) is 17.2. The van der Waals surface area contributed by atoms with Crippen molar-refractivity contribution in [2.24, 2.45) is 5.92 Å². The van der Waals surface area contributed by atoms with Crippen molar-refractivity contribution in [3.05, 3.63) is 95.6 Å². The number of methoxy groups -OCH3 is 1. The van der Waals surface area contributed by atoms with Crippen molar-refractivity contribution in [1.29, 1.82) is 0 Å².